The number of nitrogens with one attached hydrogen (secondary N) is 1. The average Bonchev–Trinajstić information content (AvgIpc) is 3.07. The number of fused-ring (bicyclic) bond motifs is 1. The van der Waals surface area contributed by atoms with Crippen LogP contribution in [0.5, 0.6) is 5.75 Å². The second-order valence-electron chi connectivity index (χ2n) is 10.6. The fourth-order valence-corrected chi connectivity index (χ4v) is 5.70. The third kappa shape index (κ3) is 5.03. The van der Waals surface area contributed by atoms with Gasteiger partial charge in [-0.1, -0.05) is 19.9 Å². The number of hydrogen-bond acceptors (Lipinski definition) is 4. The Morgan fingerprint density at radius 3 is 2.46 bits per heavy atom. The van der Waals surface area contributed by atoms with Gasteiger partial charge in [-0.15, -0.1) is 0 Å². The Morgan fingerprint density at radius 2 is 1.86 bits per heavy atom. The number of anilines is 1. The molecule has 1 amide bonds. The second kappa shape index (κ2) is 9.45. The van der Waals surface area contributed by atoms with Crippen molar-refractivity contribution in [3.8, 4) is 5.75 Å². The summed E-state index contributed by atoms with van der Waals surface area (Å²) < 4.78 is 44.7. The highest BCUT2D eigenvalue weighted by Gasteiger charge is 2.43. The summed E-state index contributed by atoms with van der Waals surface area (Å²) >= 11 is 0. The van der Waals surface area contributed by atoms with Gasteiger partial charge in [-0.05, 0) is 86.8 Å². The van der Waals surface area contributed by atoms with Crippen LogP contribution in [-0.2, 0) is 18.3 Å². The van der Waals surface area contributed by atoms with E-state index in [2.05, 4.69) is 42.9 Å². The van der Waals surface area contributed by atoms with Crippen molar-refractivity contribution in [1.29, 1.82) is 0 Å². The Bertz CT molecular complexity index is 1090. The molecule has 5 nitrogen and oxygen atoms in total. The molecule has 190 valence electrons. The molecule has 0 spiro atoms. The van der Waals surface area contributed by atoms with Gasteiger partial charge in [0.1, 0.15) is 17.1 Å². The lowest BCUT2D eigenvalue weighted by molar-refractivity contribution is -0.141. The van der Waals surface area contributed by atoms with Crippen molar-refractivity contribution in [2.24, 2.45) is 11.8 Å². The molecular weight excluding hydrogens is 455 g/mol. The lowest BCUT2D eigenvalue weighted by atomic mass is 9.78. The molecule has 2 heterocycles. The summed E-state index contributed by atoms with van der Waals surface area (Å²) in [7, 11) is 1.52. The van der Waals surface area contributed by atoms with Crippen LogP contribution in [0.3, 0.4) is 0 Å². The van der Waals surface area contributed by atoms with Gasteiger partial charge in [0.15, 0.2) is 0 Å². The summed E-state index contributed by atoms with van der Waals surface area (Å²) in [5.41, 5.74) is 1.08. The van der Waals surface area contributed by atoms with Gasteiger partial charge < -0.3 is 10.1 Å². The summed E-state index contributed by atoms with van der Waals surface area (Å²) in [5.74, 6) is 1.25. The van der Waals surface area contributed by atoms with Crippen molar-refractivity contribution in [1.82, 2.24) is 9.88 Å². The number of alkyl halides is 3. The minimum absolute atomic E-state index is 0.191. The van der Waals surface area contributed by atoms with Crippen LogP contribution >= 0.6 is 0 Å². The number of benzene rings is 1. The first-order valence-electron chi connectivity index (χ1n) is 12.3. The standard InChI is InChI=1S/C27H34F3N3O2/c1-16(2)17-9-11-19(12-10-17)33-15-18-13-22(23(35-5)14-20(18)26(33,3)4)32-25(34)21-7-6-8-24(31-21)27(28,29)30/h6-8,13-14,16-17,19H,9-12,15H2,1-5H3,(H,32,34). The molecule has 0 bridgehead atoms. The van der Waals surface area contributed by atoms with E-state index in [9.17, 15) is 18.0 Å². The van der Waals surface area contributed by atoms with Gasteiger partial charge in [0.2, 0.25) is 0 Å². The quantitative estimate of drug-likeness (QED) is 0.512. The van der Waals surface area contributed by atoms with Gasteiger partial charge in [-0.25, -0.2) is 4.98 Å². The van der Waals surface area contributed by atoms with E-state index in [4.69, 9.17) is 4.74 Å². The molecule has 1 saturated carbocycles. The van der Waals surface area contributed by atoms with Crippen LogP contribution in [0.4, 0.5) is 18.9 Å². The maximum Gasteiger partial charge on any atom is 0.433 e. The number of nitrogens with zero attached hydrogens (tertiary/aromatic N) is 2. The second-order valence-corrected chi connectivity index (χ2v) is 10.6. The molecule has 1 aliphatic heterocycles. The summed E-state index contributed by atoms with van der Waals surface area (Å²) in [6.07, 6.45) is 0.190. The highest BCUT2D eigenvalue weighted by molar-refractivity contribution is 6.03. The van der Waals surface area contributed by atoms with Gasteiger partial charge in [0, 0.05) is 18.1 Å². The van der Waals surface area contributed by atoms with E-state index in [1.807, 2.05) is 12.1 Å². The molecule has 0 unspecified atom stereocenters. The number of pyridine rings is 1. The number of ether oxygens (including phenoxy) is 1. The number of carbonyl (C=O) groups is 1. The topological polar surface area (TPSA) is 54.5 Å². The fourth-order valence-electron chi connectivity index (χ4n) is 5.70. The van der Waals surface area contributed by atoms with Crippen LogP contribution in [0.1, 0.15) is 80.7 Å². The Kier molecular flexibility index (Phi) is 6.88. The molecular formula is C27H34F3N3O2. The zero-order chi connectivity index (χ0) is 25.5. The number of amides is 1. The largest absolute Gasteiger partial charge is 0.495 e. The average molecular weight is 490 g/mol. The van der Waals surface area contributed by atoms with Crippen molar-refractivity contribution in [3.63, 3.8) is 0 Å². The lowest BCUT2D eigenvalue weighted by Crippen LogP contribution is -2.45. The van der Waals surface area contributed by atoms with Gasteiger partial charge in [-0.2, -0.15) is 13.2 Å². The predicted molar refractivity (Wildman–Crippen MR) is 129 cm³/mol. The third-order valence-electron chi connectivity index (χ3n) is 7.79. The van der Waals surface area contributed by atoms with Gasteiger partial charge in [0.05, 0.1) is 12.8 Å². The summed E-state index contributed by atoms with van der Waals surface area (Å²) in [6.45, 7) is 9.80. The molecule has 1 N–H and O–H groups in total. The van der Waals surface area contributed by atoms with Crippen LogP contribution in [0, 0.1) is 11.8 Å². The van der Waals surface area contributed by atoms with Crippen molar-refractivity contribution in [3.05, 3.63) is 52.8 Å². The zero-order valence-corrected chi connectivity index (χ0v) is 21.0. The van der Waals surface area contributed by atoms with Gasteiger partial charge in [-0.3, -0.25) is 9.69 Å². The van der Waals surface area contributed by atoms with Gasteiger partial charge >= 0.3 is 6.18 Å². The zero-order valence-electron chi connectivity index (χ0n) is 21.0. The Balaban J connectivity index is 1.57. The maximum absolute atomic E-state index is 13.0. The van der Waals surface area contributed by atoms with Crippen molar-refractivity contribution < 1.29 is 22.7 Å². The number of rotatable bonds is 5. The van der Waals surface area contributed by atoms with E-state index in [0.717, 1.165) is 29.7 Å². The smallest absolute Gasteiger partial charge is 0.433 e. The molecule has 1 aliphatic carbocycles. The number of carbonyl (C=O) groups excluding carboxylic acids is 1. The van der Waals surface area contributed by atoms with Crippen LogP contribution in [0.2, 0.25) is 0 Å². The molecule has 8 heteroatoms. The Labute approximate surface area is 205 Å². The molecule has 4 rings (SSSR count). The SMILES string of the molecule is COc1cc2c(cc1NC(=O)c1cccc(C(F)(F)F)n1)CN(C1CCC(C(C)C)CC1)C2(C)C. The molecule has 2 aromatic rings. The highest BCUT2D eigenvalue weighted by Crippen LogP contribution is 2.47. The van der Waals surface area contributed by atoms with Crippen LogP contribution in [-0.4, -0.2) is 28.9 Å². The van der Waals surface area contributed by atoms with Crippen LogP contribution in [0.15, 0.2) is 30.3 Å². The predicted octanol–water partition coefficient (Wildman–Crippen LogP) is 6.63. The fraction of sp³-hybridized carbons (Fsp3) is 0.556. The normalized spacial score (nSPS) is 22.2. The monoisotopic (exact) mass is 489 g/mol. The Hall–Kier alpha value is -2.61. The van der Waals surface area contributed by atoms with Crippen LogP contribution < -0.4 is 10.1 Å². The van der Waals surface area contributed by atoms with E-state index in [0.29, 0.717) is 23.4 Å². The maximum atomic E-state index is 13.0. The summed E-state index contributed by atoms with van der Waals surface area (Å²) in [5, 5.41) is 2.71. The van der Waals surface area contributed by atoms with E-state index in [1.165, 1.54) is 44.9 Å². The summed E-state index contributed by atoms with van der Waals surface area (Å²) in [6, 6.07) is 7.62. The highest BCUT2D eigenvalue weighted by atomic mass is 19.4. The van der Waals surface area contributed by atoms with Crippen molar-refractivity contribution in [2.75, 3.05) is 12.4 Å². The molecule has 2 aliphatic rings. The van der Waals surface area contributed by atoms with Crippen molar-refractivity contribution >= 4 is 11.6 Å². The molecule has 0 atom stereocenters. The lowest BCUT2D eigenvalue weighted by Gasteiger charge is -2.43. The molecule has 1 fully saturated rings. The van der Waals surface area contributed by atoms with Crippen LogP contribution in [0.25, 0.3) is 0 Å². The third-order valence-corrected chi connectivity index (χ3v) is 7.79. The van der Waals surface area contributed by atoms with Crippen molar-refractivity contribution in [2.45, 2.75) is 77.7 Å². The molecule has 0 saturated heterocycles. The molecule has 0 radical (unpaired) electrons. The number of halogens is 3. The van der Waals surface area contributed by atoms with E-state index in [-0.39, 0.29) is 11.2 Å². The minimum Gasteiger partial charge on any atom is -0.495 e. The summed E-state index contributed by atoms with van der Waals surface area (Å²) in [4.78, 5) is 18.8. The van der Waals surface area contributed by atoms with E-state index in [1.54, 1.807) is 0 Å². The number of hydrogen-bond donors (Lipinski definition) is 1. The van der Waals surface area contributed by atoms with E-state index >= 15 is 0 Å². The minimum atomic E-state index is -4.62. The Morgan fingerprint density at radius 1 is 1.17 bits per heavy atom. The first kappa shape index (κ1) is 25.5. The van der Waals surface area contributed by atoms with Gasteiger partial charge in [0.25, 0.3) is 5.91 Å². The molecule has 1 aromatic carbocycles. The molecule has 1 aromatic heterocycles. The molecule has 35 heavy (non-hydrogen) atoms. The first-order valence-corrected chi connectivity index (χ1v) is 12.3. The van der Waals surface area contributed by atoms with E-state index < -0.39 is 17.8 Å². The first-order chi connectivity index (χ1) is 16.4. The number of methoxy groups -OCH3 is 1. The number of aromatic nitrogens is 1.